The summed E-state index contributed by atoms with van der Waals surface area (Å²) in [4.78, 5) is 11.5. The molecule has 1 aliphatic heterocycles. The molecule has 1 amide bonds. The summed E-state index contributed by atoms with van der Waals surface area (Å²) in [6, 6.07) is 15.2. The van der Waals surface area contributed by atoms with Crippen molar-refractivity contribution in [3.63, 3.8) is 0 Å². The van der Waals surface area contributed by atoms with E-state index >= 15 is 0 Å². The lowest BCUT2D eigenvalue weighted by molar-refractivity contribution is -0.245. The number of thioether (sulfide) groups is 1. The third kappa shape index (κ3) is 5.52. The molecule has 32 heavy (non-hydrogen) atoms. The van der Waals surface area contributed by atoms with Gasteiger partial charge in [0.05, 0.1) is 18.8 Å². The van der Waals surface area contributed by atoms with Crippen molar-refractivity contribution in [2.75, 3.05) is 11.1 Å². The number of aliphatic hydroxyl groups is 1. The van der Waals surface area contributed by atoms with Crippen LogP contribution in [0.2, 0.25) is 0 Å². The highest BCUT2D eigenvalue weighted by Crippen LogP contribution is 2.39. The number of tetrazole rings is 1. The number of nitrogens with one attached hydrogen (secondary N) is 1. The Hall–Kier alpha value is -2.79. The van der Waals surface area contributed by atoms with Crippen molar-refractivity contribution in [2.24, 2.45) is 7.05 Å². The van der Waals surface area contributed by atoms with Crippen LogP contribution in [0, 0.1) is 0 Å². The van der Waals surface area contributed by atoms with Crippen LogP contribution in [0.25, 0.3) is 0 Å². The average molecular weight is 456 g/mol. The van der Waals surface area contributed by atoms with Gasteiger partial charge >= 0.3 is 0 Å². The van der Waals surface area contributed by atoms with E-state index in [2.05, 4.69) is 20.8 Å². The first-order valence-electron chi connectivity index (χ1n) is 10.2. The number of aromatic nitrogens is 4. The number of hydrogen-bond acceptors (Lipinski definition) is 8. The van der Waals surface area contributed by atoms with Gasteiger partial charge in [0.2, 0.25) is 11.1 Å². The van der Waals surface area contributed by atoms with E-state index in [4.69, 9.17) is 9.47 Å². The van der Waals surface area contributed by atoms with E-state index in [-0.39, 0.29) is 24.7 Å². The van der Waals surface area contributed by atoms with Crippen LogP contribution in [0.1, 0.15) is 42.4 Å². The van der Waals surface area contributed by atoms with E-state index in [0.717, 1.165) is 16.7 Å². The summed E-state index contributed by atoms with van der Waals surface area (Å²) in [5, 5.41) is 24.4. The lowest BCUT2D eigenvalue weighted by Crippen LogP contribution is -2.31. The zero-order valence-electron chi connectivity index (χ0n) is 17.8. The van der Waals surface area contributed by atoms with Crippen molar-refractivity contribution >= 4 is 23.4 Å². The van der Waals surface area contributed by atoms with Gasteiger partial charge in [0.15, 0.2) is 6.29 Å². The van der Waals surface area contributed by atoms with Crippen molar-refractivity contribution < 1.29 is 19.4 Å². The van der Waals surface area contributed by atoms with Gasteiger partial charge in [-0.1, -0.05) is 48.2 Å². The first kappa shape index (κ1) is 22.4. The number of rotatable bonds is 7. The quantitative estimate of drug-likeness (QED) is 0.523. The van der Waals surface area contributed by atoms with Crippen LogP contribution < -0.4 is 5.32 Å². The highest BCUT2D eigenvalue weighted by molar-refractivity contribution is 7.99. The van der Waals surface area contributed by atoms with Gasteiger partial charge in [0, 0.05) is 37.4 Å². The van der Waals surface area contributed by atoms with Crippen molar-refractivity contribution in [1.82, 2.24) is 20.2 Å². The molecule has 0 aliphatic carbocycles. The van der Waals surface area contributed by atoms with Gasteiger partial charge in [0.25, 0.3) is 0 Å². The number of anilines is 1. The molecule has 2 aromatic carbocycles. The van der Waals surface area contributed by atoms with Gasteiger partial charge in [-0.3, -0.25) is 4.79 Å². The molecule has 10 heteroatoms. The molecule has 4 rings (SSSR count). The third-order valence-electron chi connectivity index (χ3n) is 5.07. The number of benzene rings is 2. The Morgan fingerprint density at radius 1 is 1.22 bits per heavy atom. The predicted octanol–water partition coefficient (Wildman–Crippen LogP) is 3.00. The van der Waals surface area contributed by atoms with Crippen molar-refractivity contribution in [3.05, 3.63) is 65.2 Å². The molecule has 3 unspecified atom stereocenters. The molecule has 1 fully saturated rings. The Bertz CT molecular complexity index is 1060. The standard InChI is InChI=1S/C22H25N5O4S/c1-14(29)23-18-5-3-4-17(10-18)21-30-19(13-32-22-24-25-26-27(22)2)11-20(31-21)16-8-6-15(12-28)7-9-16/h3-10,19-21,28H,11-13H2,1-2H3,(H,23,29). The van der Waals surface area contributed by atoms with E-state index in [1.54, 1.807) is 11.7 Å². The van der Waals surface area contributed by atoms with E-state index in [1.807, 2.05) is 48.5 Å². The van der Waals surface area contributed by atoms with Crippen LogP contribution in [0.15, 0.2) is 53.7 Å². The fourth-order valence-electron chi connectivity index (χ4n) is 3.50. The highest BCUT2D eigenvalue weighted by Gasteiger charge is 2.32. The van der Waals surface area contributed by atoms with Gasteiger partial charge in [-0.15, -0.1) is 5.10 Å². The third-order valence-corrected chi connectivity index (χ3v) is 6.22. The smallest absolute Gasteiger partial charge is 0.221 e. The predicted molar refractivity (Wildman–Crippen MR) is 119 cm³/mol. The Labute approximate surface area is 190 Å². The summed E-state index contributed by atoms with van der Waals surface area (Å²) in [5.41, 5.74) is 3.38. The Kier molecular flexibility index (Phi) is 7.15. The number of carbonyl (C=O) groups excluding carboxylic acids is 1. The minimum atomic E-state index is -0.594. The summed E-state index contributed by atoms with van der Waals surface area (Å²) in [5.74, 6) is 0.520. The molecule has 0 saturated carbocycles. The minimum absolute atomic E-state index is 0.00151. The van der Waals surface area contributed by atoms with Crippen molar-refractivity contribution in [2.45, 2.75) is 43.6 Å². The molecule has 1 saturated heterocycles. The van der Waals surface area contributed by atoms with Crippen LogP contribution in [-0.2, 0) is 27.9 Å². The molecule has 3 atom stereocenters. The molecule has 0 bridgehead atoms. The van der Waals surface area contributed by atoms with Crippen molar-refractivity contribution in [3.8, 4) is 0 Å². The number of carbonyl (C=O) groups is 1. The molecule has 3 aromatic rings. The summed E-state index contributed by atoms with van der Waals surface area (Å²) in [6.07, 6.45) is -0.224. The molecule has 1 aliphatic rings. The van der Waals surface area contributed by atoms with E-state index in [0.29, 0.717) is 23.0 Å². The Morgan fingerprint density at radius 2 is 2.03 bits per heavy atom. The van der Waals surface area contributed by atoms with Gasteiger partial charge in [-0.25, -0.2) is 4.68 Å². The second-order valence-electron chi connectivity index (χ2n) is 7.55. The molecule has 0 spiro atoms. The Balaban J connectivity index is 1.55. The van der Waals surface area contributed by atoms with E-state index in [1.165, 1.54) is 18.7 Å². The second-order valence-corrected chi connectivity index (χ2v) is 8.54. The number of aliphatic hydroxyl groups excluding tert-OH is 1. The fourth-order valence-corrected chi connectivity index (χ4v) is 4.37. The summed E-state index contributed by atoms with van der Waals surface area (Å²) >= 11 is 1.53. The normalized spacial score (nSPS) is 20.8. The monoisotopic (exact) mass is 455 g/mol. The largest absolute Gasteiger partial charge is 0.392 e. The lowest BCUT2D eigenvalue weighted by atomic mass is 10.0. The lowest BCUT2D eigenvalue weighted by Gasteiger charge is -2.36. The average Bonchev–Trinajstić information content (AvgIpc) is 3.22. The molecule has 2 N–H and O–H groups in total. The number of amides is 1. The van der Waals surface area contributed by atoms with Crippen LogP contribution >= 0.6 is 11.8 Å². The summed E-state index contributed by atoms with van der Waals surface area (Å²) in [7, 11) is 1.80. The van der Waals surface area contributed by atoms with Crippen LogP contribution in [-0.4, -0.2) is 43.1 Å². The highest BCUT2D eigenvalue weighted by atomic mass is 32.2. The first-order valence-corrected chi connectivity index (χ1v) is 11.2. The number of hydrogen-bond donors (Lipinski definition) is 2. The number of nitrogens with zero attached hydrogens (tertiary/aromatic N) is 4. The number of aryl methyl sites for hydroxylation is 1. The second kappa shape index (κ2) is 10.2. The molecular formula is C22H25N5O4S. The maximum absolute atomic E-state index is 11.5. The number of ether oxygens (including phenoxy) is 2. The van der Waals surface area contributed by atoms with E-state index in [9.17, 15) is 9.90 Å². The van der Waals surface area contributed by atoms with Crippen LogP contribution in [0.5, 0.6) is 0 Å². The Morgan fingerprint density at radius 3 is 2.72 bits per heavy atom. The van der Waals surface area contributed by atoms with Gasteiger partial charge in [-0.05, 0) is 33.7 Å². The minimum Gasteiger partial charge on any atom is -0.392 e. The zero-order chi connectivity index (χ0) is 22.5. The molecule has 2 heterocycles. The molecule has 1 aromatic heterocycles. The summed E-state index contributed by atoms with van der Waals surface area (Å²) < 4.78 is 14.3. The first-order chi connectivity index (χ1) is 15.5. The van der Waals surface area contributed by atoms with E-state index < -0.39 is 6.29 Å². The van der Waals surface area contributed by atoms with Crippen LogP contribution in [0.4, 0.5) is 5.69 Å². The fraction of sp³-hybridized carbons (Fsp3) is 0.364. The SMILES string of the molecule is CC(=O)Nc1cccc(C2OC(CSc3nnnn3C)CC(c3ccc(CO)cc3)O2)c1. The maximum Gasteiger partial charge on any atom is 0.221 e. The van der Waals surface area contributed by atoms with Gasteiger partial charge < -0.3 is 19.9 Å². The van der Waals surface area contributed by atoms with Gasteiger partial charge in [-0.2, -0.15) is 0 Å². The molecule has 0 radical (unpaired) electrons. The molecule has 9 nitrogen and oxygen atoms in total. The zero-order valence-corrected chi connectivity index (χ0v) is 18.7. The maximum atomic E-state index is 11.5. The van der Waals surface area contributed by atoms with Crippen LogP contribution in [0.3, 0.4) is 0 Å². The van der Waals surface area contributed by atoms with Gasteiger partial charge in [0.1, 0.15) is 0 Å². The summed E-state index contributed by atoms with van der Waals surface area (Å²) in [6.45, 7) is 1.47. The molecule has 168 valence electrons. The molecular weight excluding hydrogens is 430 g/mol. The topological polar surface area (TPSA) is 111 Å². The van der Waals surface area contributed by atoms with Crippen molar-refractivity contribution in [1.29, 1.82) is 0 Å².